The average Bonchev–Trinajstić information content (AvgIpc) is 3.43. The first-order valence-electron chi connectivity index (χ1n) is 10.2. The summed E-state index contributed by atoms with van der Waals surface area (Å²) in [5.74, 6) is -0.0161. The number of rotatable bonds is 4. The van der Waals surface area contributed by atoms with Crippen molar-refractivity contribution in [2.45, 2.75) is 43.0 Å². The molecule has 2 atom stereocenters. The molecule has 0 aromatic carbocycles. The molecule has 5 rings (SSSR count). The number of aliphatic hydroxyl groups is 1. The normalized spacial score (nSPS) is 25.9. The summed E-state index contributed by atoms with van der Waals surface area (Å²) >= 11 is 0. The predicted molar refractivity (Wildman–Crippen MR) is 107 cm³/mol. The minimum Gasteiger partial charge on any atom is -0.385 e. The molecule has 7 nitrogen and oxygen atoms in total. The van der Waals surface area contributed by atoms with Gasteiger partial charge in [0.2, 0.25) is 0 Å². The van der Waals surface area contributed by atoms with Crippen LogP contribution in [0.3, 0.4) is 0 Å². The molecule has 168 valence electrons. The molecule has 1 amide bonds. The van der Waals surface area contributed by atoms with Crippen LogP contribution in [0.1, 0.15) is 52.9 Å². The third-order valence-electron chi connectivity index (χ3n) is 6.30. The van der Waals surface area contributed by atoms with E-state index in [4.69, 9.17) is 4.74 Å². The maximum atomic E-state index is 13.3. The van der Waals surface area contributed by atoms with Gasteiger partial charge in [-0.1, -0.05) is 6.07 Å². The monoisotopic (exact) mass is 446 g/mol. The summed E-state index contributed by atoms with van der Waals surface area (Å²) < 4.78 is 46.1. The topological polar surface area (TPSA) is 88.8 Å². The number of nitrogens with zero attached hydrogens (tertiary/aromatic N) is 3. The molecule has 4 heterocycles. The summed E-state index contributed by atoms with van der Waals surface area (Å²) in [4.78, 5) is 21.2. The number of alkyl halides is 3. The van der Waals surface area contributed by atoms with Crippen molar-refractivity contribution in [2.75, 3.05) is 13.2 Å². The Morgan fingerprint density at radius 1 is 1.22 bits per heavy atom. The number of pyridine rings is 1. The fraction of sp³-hybridized carbons (Fsp3) is 0.409. The molecule has 2 fully saturated rings. The van der Waals surface area contributed by atoms with E-state index in [2.05, 4.69) is 15.3 Å². The zero-order valence-electron chi connectivity index (χ0n) is 17.2. The van der Waals surface area contributed by atoms with E-state index in [1.807, 2.05) is 6.20 Å². The van der Waals surface area contributed by atoms with Crippen molar-refractivity contribution in [3.63, 3.8) is 0 Å². The van der Waals surface area contributed by atoms with Crippen molar-refractivity contribution >= 4 is 11.6 Å². The molecular formula is C22H21F3N4O3. The van der Waals surface area contributed by atoms with E-state index in [-0.39, 0.29) is 24.3 Å². The van der Waals surface area contributed by atoms with Crippen molar-refractivity contribution in [3.8, 4) is 0 Å². The number of nitrogens with one attached hydrogen (secondary N) is 1. The highest BCUT2D eigenvalue weighted by molar-refractivity contribution is 6.00. The maximum absolute atomic E-state index is 13.3. The standard InChI is InChI=1S/C22H21F3N4O3/c1-20(31)11-32-12-21(20,15-4-5-17(26-9-15)22(23,24)25)28-19(30)16-6-7-29-10-14(13-2-3-13)8-27-18(16)29/h4-10,13,31H,2-3,11-12H2,1H3,(H,28,30). The number of fused-ring (bicyclic) bond motifs is 1. The lowest BCUT2D eigenvalue weighted by Crippen LogP contribution is -2.60. The molecule has 1 saturated heterocycles. The van der Waals surface area contributed by atoms with Crippen LogP contribution in [0.15, 0.2) is 43.0 Å². The van der Waals surface area contributed by atoms with Gasteiger partial charge in [0.25, 0.3) is 5.91 Å². The van der Waals surface area contributed by atoms with Crippen LogP contribution in [0.5, 0.6) is 0 Å². The van der Waals surface area contributed by atoms with E-state index in [0.717, 1.165) is 30.7 Å². The Bertz CT molecular complexity index is 1190. The lowest BCUT2D eigenvalue weighted by atomic mass is 9.78. The average molecular weight is 446 g/mol. The smallest absolute Gasteiger partial charge is 0.385 e. The highest BCUT2D eigenvalue weighted by Crippen LogP contribution is 2.41. The first-order valence-corrected chi connectivity index (χ1v) is 10.2. The molecule has 2 unspecified atom stereocenters. The molecule has 1 aliphatic heterocycles. The van der Waals surface area contributed by atoms with Crippen LogP contribution < -0.4 is 5.32 Å². The fourth-order valence-electron chi connectivity index (χ4n) is 4.21. The Kier molecular flexibility index (Phi) is 4.58. The fourth-order valence-corrected chi connectivity index (χ4v) is 4.21. The van der Waals surface area contributed by atoms with E-state index < -0.39 is 28.9 Å². The number of carbonyl (C=O) groups excluding carboxylic acids is 1. The van der Waals surface area contributed by atoms with Crippen molar-refractivity contribution in [1.29, 1.82) is 0 Å². The summed E-state index contributed by atoms with van der Waals surface area (Å²) in [5.41, 5.74) is -2.06. The number of hydrogen-bond donors (Lipinski definition) is 2. The van der Waals surface area contributed by atoms with Crippen LogP contribution in [0, 0.1) is 0 Å². The van der Waals surface area contributed by atoms with E-state index in [9.17, 15) is 23.1 Å². The van der Waals surface area contributed by atoms with Crippen molar-refractivity contribution in [1.82, 2.24) is 19.7 Å². The molecule has 3 aromatic heterocycles. The number of hydrogen-bond acceptors (Lipinski definition) is 5. The Morgan fingerprint density at radius 3 is 2.59 bits per heavy atom. The van der Waals surface area contributed by atoms with Gasteiger partial charge in [-0.15, -0.1) is 0 Å². The molecule has 2 N–H and O–H groups in total. The summed E-state index contributed by atoms with van der Waals surface area (Å²) in [5, 5.41) is 13.9. The minimum absolute atomic E-state index is 0.103. The second kappa shape index (κ2) is 7.01. The van der Waals surface area contributed by atoms with Gasteiger partial charge in [0.05, 0.1) is 18.8 Å². The molecule has 1 aliphatic carbocycles. The molecule has 10 heteroatoms. The number of ether oxygens (including phenoxy) is 1. The first-order chi connectivity index (χ1) is 15.1. The third-order valence-corrected chi connectivity index (χ3v) is 6.30. The van der Waals surface area contributed by atoms with Crippen LogP contribution in [-0.2, 0) is 16.5 Å². The van der Waals surface area contributed by atoms with Gasteiger partial charge in [0.15, 0.2) is 0 Å². The maximum Gasteiger partial charge on any atom is 0.433 e. The van der Waals surface area contributed by atoms with E-state index in [1.165, 1.54) is 13.0 Å². The quantitative estimate of drug-likeness (QED) is 0.643. The zero-order valence-corrected chi connectivity index (χ0v) is 17.2. The summed E-state index contributed by atoms with van der Waals surface area (Å²) in [6.45, 7) is 1.24. The van der Waals surface area contributed by atoms with Gasteiger partial charge in [-0.3, -0.25) is 9.78 Å². The first kappa shape index (κ1) is 20.9. The van der Waals surface area contributed by atoms with E-state index in [0.29, 0.717) is 11.6 Å². The third kappa shape index (κ3) is 3.34. The van der Waals surface area contributed by atoms with Gasteiger partial charge in [0, 0.05) is 30.4 Å². The van der Waals surface area contributed by atoms with Crippen LogP contribution in [0.25, 0.3) is 5.65 Å². The van der Waals surface area contributed by atoms with Gasteiger partial charge < -0.3 is 19.6 Å². The lowest BCUT2D eigenvalue weighted by molar-refractivity contribution is -0.141. The zero-order chi connectivity index (χ0) is 22.7. The summed E-state index contributed by atoms with van der Waals surface area (Å²) in [7, 11) is 0. The second-order valence-corrected chi connectivity index (χ2v) is 8.68. The highest BCUT2D eigenvalue weighted by Gasteiger charge is 2.55. The molecule has 1 saturated carbocycles. The molecule has 2 aliphatic rings. The van der Waals surface area contributed by atoms with Gasteiger partial charge in [-0.25, -0.2) is 4.98 Å². The van der Waals surface area contributed by atoms with Crippen LogP contribution in [-0.4, -0.2) is 44.2 Å². The minimum atomic E-state index is -4.60. The van der Waals surface area contributed by atoms with Gasteiger partial charge in [-0.05, 0) is 43.4 Å². The Labute approximate surface area is 181 Å². The van der Waals surface area contributed by atoms with Gasteiger partial charge in [-0.2, -0.15) is 13.2 Å². The van der Waals surface area contributed by atoms with Crippen LogP contribution >= 0.6 is 0 Å². The van der Waals surface area contributed by atoms with Gasteiger partial charge in [0.1, 0.15) is 22.5 Å². The van der Waals surface area contributed by atoms with E-state index in [1.54, 1.807) is 22.9 Å². The molecule has 0 spiro atoms. The molecule has 32 heavy (non-hydrogen) atoms. The van der Waals surface area contributed by atoms with Crippen LogP contribution in [0.2, 0.25) is 0 Å². The van der Waals surface area contributed by atoms with Crippen molar-refractivity contribution < 1.29 is 27.8 Å². The van der Waals surface area contributed by atoms with Crippen LogP contribution in [0.4, 0.5) is 13.2 Å². The molecule has 0 bridgehead atoms. The summed E-state index contributed by atoms with van der Waals surface area (Å²) in [6.07, 6.45) is 4.11. The molecule has 3 aromatic rings. The number of carbonyl (C=O) groups is 1. The Hall–Kier alpha value is -2.98. The van der Waals surface area contributed by atoms with Crippen molar-refractivity contribution in [2.24, 2.45) is 0 Å². The Morgan fingerprint density at radius 2 is 2.00 bits per heavy atom. The van der Waals surface area contributed by atoms with Crippen molar-refractivity contribution in [3.05, 3.63) is 65.4 Å². The Balaban J connectivity index is 1.50. The van der Waals surface area contributed by atoms with E-state index >= 15 is 0 Å². The molecular weight excluding hydrogens is 425 g/mol. The SMILES string of the molecule is CC1(O)COCC1(NC(=O)c1ccn2cc(C3CC3)cnc12)c1ccc(C(F)(F)F)nc1. The highest BCUT2D eigenvalue weighted by atomic mass is 19.4. The summed E-state index contributed by atoms with van der Waals surface area (Å²) in [6, 6.07) is 3.65. The number of amides is 1. The number of halogens is 3. The predicted octanol–water partition coefficient (Wildman–Crippen LogP) is 3.03. The largest absolute Gasteiger partial charge is 0.433 e. The van der Waals surface area contributed by atoms with Gasteiger partial charge >= 0.3 is 6.18 Å². The lowest BCUT2D eigenvalue weighted by Gasteiger charge is -2.39. The molecule has 0 radical (unpaired) electrons. The second-order valence-electron chi connectivity index (χ2n) is 8.68. The number of aromatic nitrogens is 3.